The molecule has 4 heteroatoms. The maximum atomic E-state index is 12.6. The van der Waals surface area contributed by atoms with Crippen LogP contribution in [-0.2, 0) is 0 Å². The SMILES string of the molecule is CCN(C(=O)c1c(N)cccc1Cl)C1CCCC1. The number of rotatable bonds is 3. The fourth-order valence-corrected chi connectivity index (χ4v) is 2.96. The number of nitrogen functional groups attached to an aromatic ring is 1. The first-order valence-corrected chi connectivity index (χ1v) is 6.88. The minimum absolute atomic E-state index is 0.0347. The molecule has 0 bridgehead atoms. The molecule has 1 saturated carbocycles. The van der Waals surface area contributed by atoms with E-state index >= 15 is 0 Å². The van der Waals surface area contributed by atoms with Crippen molar-refractivity contribution in [2.24, 2.45) is 0 Å². The summed E-state index contributed by atoms with van der Waals surface area (Å²) in [7, 11) is 0. The molecular formula is C14H19ClN2O. The molecule has 0 aromatic heterocycles. The number of anilines is 1. The van der Waals surface area contributed by atoms with Crippen molar-refractivity contribution >= 4 is 23.2 Å². The van der Waals surface area contributed by atoms with Crippen molar-refractivity contribution in [3.63, 3.8) is 0 Å². The lowest BCUT2D eigenvalue weighted by Crippen LogP contribution is -2.39. The predicted octanol–water partition coefficient (Wildman–Crippen LogP) is 3.33. The fraction of sp³-hybridized carbons (Fsp3) is 0.500. The summed E-state index contributed by atoms with van der Waals surface area (Å²) in [4.78, 5) is 14.5. The molecular weight excluding hydrogens is 248 g/mol. The zero-order chi connectivity index (χ0) is 13.1. The van der Waals surface area contributed by atoms with Crippen LogP contribution in [0.25, 0.3) is 0 Å². The third-order valence-electron chi connectivity index (χ3n) is 3.63. The van der Waals surface area contributed by atoms with Crippen LogP contribution in [0.4, 0.5) is 5.69 Å². The summed E-state index contributed by atoms with van der Waals surface area (Å²) in [5, 5.41) is 0.441. The van der Waals surface area contributed by atoms with E-state index in [0.717, 1.165) is 12.8 Å². The number of halogens is 1. The molecule has 0 saturated heterocycles. The van der Waals surface area contributed by atoms with Crippen LogP contribution in [0.3, 0.4) is 0 Å². The van der Waals surface area contributed by atoms with Crippen LogP contribution in [0, 0.1) is 0 Å². The standard InChI is InChI=1S/C14H19ClN2O/c1-2-17(10-6-3-4-7-10)14(18)13-11(15)8-5-9-12(13)16/h5,8-10H,2-4,6-7,16H2,1H3. The van der Waals surface area contributed by atoms with Gasteiger partial charge in [0.25, 0.3) is 5.91 Å². The number of benzene rings is 1. The van der Waals surface area contributed by atoms with Crippen LogP contribution in [0.1, 0.15) is 43.0 Å². The summed E-state index contributed by atoms with van der Waals surface area (Å²) in [6.07, 6.45) is 4.58. The van der Waals surface area contributed by atoms with E-state index in [9.17, 15) is 4.79 Å². The van der Waals surface area contributed by atoms with Gasteiger partial charge in [0, 0.05) is 18.3 Å². The van der Waals surface area contributed by atoms with Crippen molar-refractivity contribution in [3.8, 4) is 0 Å². The molecule has 0 heterocycles. The average molecular weight is 267 g/mol. The van der Waals surface area contributed by atoms with Gasteiger partial charge < -0.3 is 10.6 Å². The zero-order valence-corrected chi connectivity index (χ0v) is 11.4. The van der Waals surface area contributed by atoms with Gasteiger partial charge in [-0.05, 0) is 31.9 Å². The molecule has 1 aromatic carbocycles. The van der Waals surface area contributed by atoms with E-state index in [1.54, 1.807) is 18.2 Å². The zero-order valence-electron chi connectivity index (χ0n) is 10.7. The Morgan fingerprint density at radius 3 is 2.67 bits per heavy atom. The van der Waals surface area contributed by atoms with E-state index in [4.69, 9.17) is 17.3 Å². The van der Waals surface area contributed by atoms with Crippen molar-refractivity contribution in [3.05, 3.63) is 28.8 Å². The highest BCUT2D eigenvalue weighted by Gasteiger charge is 2.28. The monoisotopic (exact) mass is 266 g/mol. The maximum absolute atomic E-state index is 12.6. The second-order valence-electron chi connectivity index (χ2n) is 4.73. The Labute approximate surface area is 113 Å². The lowest BCUT2D eigenvalue weighted by Gasteiger charge is -2.28. The third kappa shape index (κ3) is 2.46. The van der Waals surface area contributed by atoms with E-state index in [1.165, 1.54) is 12.8 Å². The molecule has 3 nitrogen and oxygen atoms in total. The molecule has 0 aliphatic heterocycles. The summed E-state index contributed by atoms with van der Waals surface area (Å²) in [6, 6.07) is 5.55. The fourth-order valence-electron chi connectivity index (χ4n) is 2.69. The van der Waals surface area contributed by atoms with Gasteiger partial charge in [-0.3, -0.25) is 4.79 Å². The van der Waals surface area contributed by atoms with Gasteiger partial charge >= 0.3 is 0 Å². The van der Waals surface area contributed by atoms with Crippen molar-refractivity contribution in [1.29, 1.82) is 0 Å². The Hall–Kier alpha value is -1.22. The molecule has 0 spiro atoms. The normalized spacial score (nSPS) is 15.9. The average Bonchev–Trinajstić information content (AvgIpc) is 2.83. The minimum atomic E-state index is -0.0347. The minimum Gasteiger partial charge on any atom is -0.398 e. The van der Waals surface area contributed by atoms with Crippen LogP contribution in [0.5, 0.6) is 0 Å². The van der Waals surface area contributed by atoms with Gasteiger partial charge in [0.1, 0.15) is 0 Å². The topological polar surface area (TPSA) is 46.3 Å². The first-order valence-electron chi connectivity index (χ1n) is 6.50. The third-order valence-corrected chi connectivity index (χ3v) is 3.94. The van der Waals surface area contributed by atoms with Crippen LogP contribution in [0.2, 0.25) is 5.02 Å². The molecule has 0 radical (unpaired) electrons. The maximum Gasteiger partial charge on any atom is 0.257 e. The summed E-state index contributed by atoms with van der Waals surface area (Å²) < 4.78 is 0. The van der Waals surface area contributed by atoms with E-state index < -0.39 is 0 Å². The van der Waals surface area contributed by atoms with Gasteiger partial charge in [-0.1, -0.05) is 30.5 Å². The quantitative estimate of drug-likeness (QED) is 0.853. The molecule has 1 amide bonds. The van der Waals surface area contributed by atoms with Crippen molar-refractivity contribution in [2.75, 3.05) is 12.3 Å². The highest BCUT2D eigenvalue weighted by molar-refractivity contribution is 6.34. The van der Waals surface area contributed by atoms with E-state index in [2.05, 4.69) is 0 Å². The second-order valence-corrected chi connectivity index (χ2v) is 5.14. The number of carbonyl (C=O) groups excluding carboxylic acids is 1. The summed E-state index contributed by atoms with van der Waals surface area (Å²) in [5.74, 6) is -0.0347. The van der Waals surface area contributed by atoms with Gasteiger partial charge in [0.15, 0.2) is 0 Å². The van der Waals surface area contributed by atoms with Crippen molar-refractivity contribution in [2.45, 2.75) is 38.6 Å². The van der Waals surface area contributed by atoms with Crippen LogP contribution < -0.4 is 5.73 Å². The number of carbonyl (C=O) groups is 1. The number of hydrogen-bond donors (Lipinski definition) is 1. The Balaban J connectivity index is 2.28. The molecule has 1 fully saturated rings. The molecule has 0 atom stereocenters. The molecule has 18 heavy (non-hydrogen) atoms. The molecule has 1 aliphatic carbocycles. The Morgan fingerprint density at radius 1 is 1.44 bits per heavy atom. The largest absolute Gasteiger partial charge is 0.398 e. The predicted molar refractivity (Wildman–Crippen MR) is 74.8 cm³/mol. The Bertz CT molecular complexity index is 421. The van der Waals surface area contributed by atoms with E-state index in [0.29, 0.717) is 28.9 Å². The number of hydrogen-bond acceptors (Lipinski definition) is 2. The van der Waals surface area contributed by atoms with Crippen molar-refractivity contribution in [1.82, 2.24) is 4.90 Å². The second kappa shape index (κ2) is 5.61. The first kappa shape index (κ1) is 13.2. The number of nitrogens with two attached hydrogens (primary N) is 1. The van der Waals surface area contributed by atoms with E-state index in [1.807, 2.05) is 11.8 Å². The number of amides is 1. The molecule has 1 aliphatic rings. The lowest BCUT2D eigenvalue weighted by molar-refractivity contribution is 0.0695. The van der Waals surface area contributed by atoms with Gasteiger partial charge in [-0.25, -0.2) is 0 Å². The van der Waals surface area contributed by atoms with Crippen molar-refractivity contribution < 1.29 is 4.79 Å². The highest BCUT2D eigenvalue weighted by Crippen LogP contribution is 2.28. The van der Waals surface area contributed by atoms with E-state index in [-0.39, 0.29) is 5.91 Å². The Morgan fingerprint density at radius 2 is 2.11 bits per heavy atom. The summed E-state index contributed by atoms with van der Waals surface area (Å²) in [6.45, 7) is 2.71. The van der Waals surface area contributed by atoms with Gasteiger partial charge in [0.05, 0.1) is 10.6 Å². The molecule has 98 valence electrons. The number of nitrogens with zero attached hydrogens (tertiary/aromatic N) is 1. The van der Waals surface area contributed by atoms with Crippen LogP contribution in [-0.4, -0.2) is 23.4 Å². The van der Waals surface area contributed by atoms with Gasteiger partial charge in [0.2, 0.25) is 0 Å². The van der Waals surface area contributed by atoms with Crippen LogP contribution >= 0.6 is 11.6 Å². The molecule has 2 rings (SSSR count). The van der Waals surface area contributed by atoms with Crippen LogP contribution in [0.15, 0.2) is 18.2 Å². The Kier molecular flexibility index (Phi) is 4.12. The summed E-state index contributed by atoms with van der Waals surface area (Å²) in [5.41, 5.74) is 6.80. The highest BCUT2D eigenvalue weighted by atomic mass is 35.5. The first-order chi connectivity index (χ1) is 8.65. The van der Waals surface area contributed by atoms with Gasteiger partial charge in [-0.2, -0.15) is 0 Å². The molecule has 0 unspecified atom stereocenters. The smallest absolute Gasteiger partial charge is 0.257 e. The van der Waals surface area contributed by atoms with Gasteiger partial charge in [-0.15, -0.1) is 0 Å². The summed E-state index contributed by atoms with van der Waals surface area (Å²) >= 11 is 6.10. The lowest BCUT2D eigenvalue weighted by atomic mass is 10.1. The molecule has 2 N–H and O–H groups in total. The molecule has 1 aromatic rings.